The summed E-state index contributed by atoms with van der Waals surface area (Å²) in [5, 5.41) is 9.10. The van der Waals surface area contributed by atoms with Gasteiger partial charge in [0.05, 0.1) is 6.42 Å². The molecule has 17 heavy (non-hydrogen) atoms. The average molecular weight is 229 g/mol. The van der Waals surface area contributed by atoms with Crippen molar-refractivity contribution in [2.24, 2.45) is 0 Å². The lowest BCUT2D eigenvalue weighted by Crippen LogP contribution is -1.99. The van der Waals surface area contributed by atoms with Crippen LogP contribution in [-0.2, 0) is 4.79 Å². The number of nitrogens with one attached hydrogen (secondary N) is 1. The summed E-state index contributed by atoms with van der Waals surface area (Å²) in [4.78, 5) is 24.9. The van der Waals surface area contributed by atoms with Crippen LogP contribution in [0.1, 0.15) is 12.0 Å². The van der Waals surface area contributed by atoms with Gasteiger partial charge < -0.3 is 10.1 Å². The number of aromatic nitrogens is 1. The number of fused-ring (bicyclic) bond motifs is 1. The molecule has 0 unspecified atom stereocenters. The molecule has 0 aliphatic rings. The number of aliphatic carboxylic acids is 1. The van der Waals surface area contributed by atoms with Gasteiger partial charge in [0.2, 0.25) is 0 Å². The Morgan fingerprint density at radius 2 is 2.18 bits per heavy atom. The van der Waals surface area contributed by atoms with Gasteiger partial charge in [-0.1, -0.05) is 18.2 Å². The Hall–Kier alpha value is -2.36. The number of benzene rings is 1. The van der Waals surface area contributed by atoms with Gasteiger partial charge in [-0.25, -0.2) is 0 Å². The number of carboxylic acids is 1. The van der Waals surface area contributed by atoms with E-state index >= 15 is 0 Å². The predicted octanol–water partition coefficient (Wildman–Crippen LogP) is 2.02. The first-order chi connectivity index (χ1) is 8.16. The van der Waals surface area contributed by atoms with Gasteiger partial charge in [-0.15, -0.1) is 0 Å². The molecule has 4 nitrogen and oxygen atoms in total. The highest BCUT2D eigenvalue weighted by Crippen LogP contribution is 2.11. The molecule has 0 saturated carbocycles. The van der Waals surface area contributed by atoms with Crippen LogP contribution < -0.4 is 5.43 Å². The monoisotopic (exact) mass is 229 g/mol. The van der Waals surface area contributed by atoms with Gasteiger partial charge in [0.1, 0.15) is 0 Å². The largest absolute Gasteiger partial charge is 0.481 e. The van der Waals surface area contributed by atoms with Crippen LogP contribution in [0.4, 0.5) is 0 Å². The van der Waals surface area contributed by atoms with Crippen LogP contribution in [0.3, 0.4) is 0 Å². The molecule has 1 aromatic heterocycles. The third-order valence-electron chi connectivity index (χ3n) is 2.39. The van der Waals surface area contributed by atoms with Crippen LogP contribution in [0.25, 0.3) is 17.0 Å². The van der Waals surface area contributed by atoms with E-state index in [0.29, 0.717) is 5.39 Å². The Kier molecular flexibility index (Phi) is 3.05. The number of H-pyrrole nitrogens is 1. The van der Waals surface area contributed by atoms with Crippen LogP contribution in [-0.4, -0.2) is 16.1 Å². The molecular weight excluding hydrogens is 218 g/mol. The normalized spacial score (nSPS) is 11.1. The summed E-state index contributed by atoms with van der Waals surface area (Å²) in [6.45, 7) is 0. The maximum Gasteiger partial charge on any atom is 0.307 e. The molecule has 86 valence electrons. The van der Waals surface area contributed by atoms with Crippen molar-refractivity contribution in [1.82, 2.24) is 4.98 Å². The molecule has 1 heterocycles. The van der Waals surface area contributed by atoms with E-state index in [1.807, 2.05) is 6.07 Å². The minimum absolute atomic E-state index is 0.0246. The van der Waals surface area contributed by atoms with Crippen molar-refractivity contribution in [2.45, 2.75) is 6.42 Å². The summed E-state index contributed by atoms with van der Waals surface area (Å²) in [5.74, 6) is -0.875. The number of rotatable bonds is 3. The van der Waals surface area contributed by atoms with Gasteiger partial charge in [-0.3, -0.25) is 9.59 Å². The van der Waals surface area contributed by atoms with Crippen molar-refractivity contribution in [3.05, 3.63) is 52.3 Å². The third kappa shape index (κ3) is 2.60. The van der Waals surface area contributed by atoms with Crippen molar-refractivity contribution >= 4 is 22.9 Å². The second kappa shape index (κ2) is 4.65. The molecule has 2 rings (SSSR count). The molecule has 0 amide bonds. The van der Waals surface area contributed by atoms with Crippen LogP contribution >= 0.6 is 0 Å². The SMILES string of the molecule is O=C(O)CC=Cc1ccc2[nH]ccc(=O)c2c1. The Balaban J connectivity index is 2.38. The van der Waals surface area contributed by atoms with Gasteiger partial charge in [0, 0.05) is 23.2 Å². The topological polar surface area (TPSA) is 70.2 Å². The van der Waals surface area contributed by atoms with E-state index in [-0.39, 0.29) is 11.8 Å². The molecule has 2 N–H and O–H groups in total. The zero-order valence-corrected chi connectivity index (χ0v) is 9.01. The lowest BCUT2D eigenvalue weighted by atomic mass is 10.1. The molecule has 0 saturated heterocycles. The first-order valence-electron chi connectivity index (χ1n) is 5.16. The Labute approximate surface area is 97.2 Å². The number of carboxylic acid groups (broad SMARTS) is 1. The fourth-order valence-corrected chi connectivity index (χ4v) is 1.59. The van der Waals surface area contributed by atoms with Gasteiger partial charge in [-0.05, 0) is 17.7 Å². The first kappa shape index (κ1) is 11.1. The molecule has 0 radical (unpaired) electrons. The summed E-state index contributed by atoms with van der Waals surface area (Å²) >= 11 is 0. The Morgan fingerprint density at radius 1 is 1.35 bits per heavy atom. The van der Waals surface area contributed by atoms with E-state index in [0.717, 1.165) is 11.1 Å². The highest BCUT2D eigenvalue weighted by atomic mass is 16.4. The third-order valence-corrected chi connectivity index (χ3v) is 2.39. The average Bonchev–Trinajstić information content (AvgIpc) is 2.30. The summed E-state index contributed by atoms with van der Waals surface area (Å²) in [5.41, 5.74) is 1.54. The summed E-state index contributed by atoms with van der Waals surface area (Å²) in [7, 11) is 0. The number of pyridine rings is 1. The van der Waals surface area contributed by atoms with E-state index in [9.17, 15) is 9.59 Å². The first-order valence-corrected chi connectivity index (χ1v) is 5.16. The zero-order valence-electron chi connectivity index (χ0n) is 9.01. The van der Waals surface area contributed by atoms with Crippen molar-refractivity contribution in [1.29, 1.82) is 0 Å². The van der Waals surface area contributed by atoms with Crippen LogP contribution in [0, 0.1) is 0 Å². The molecule has 0 aliphatic carbocycles. The molecule has 0 atom stereocenters. The van der Waals surface area contributed by atoms with E-state index < -0.39 is 5.97 Å². The molecule has 0 spiro atoms. The minimum atomic E-state index is -0.875. The summed E-state index contributed by atoms with van der Waals surface area (Å²) < 4.78 is 0. The Morgan fingerprint density at radius 3 is 2.94 bits per heavy atom. The second-order valence-corrected chi connectivity index (χ2v) is 3.65. The highest BCUT2D eigenvalue weighted by molar-refractivity contribution is 5.81. The predicted molar refractivity (Wildman–Crippen MR) is 65.9 cm³/mol. The molecule has 1 aromatic carbocycles. The summed E-state index contributed by atoms with van der Waals surface area (Å²) in [6, 6.07) is 6.84. The highest BCUT2D eigenvalue weighted by Gasteiger charge is 1.98. The fraction of sp³-hybridized carbons (Fsp3) is 0.0769. The summed E-state index contributed by atoms with van der Waals surface area (Å²) in [6.07, 6.45) is 4.83. The van der Waals surface area contributed by atoms with Crippen molar-refractivity contribution in [3.63, 3.8) is 0 Å². The van der Waals surface area contributed by atoms with E-state index in [4.69, 9.17) is 5.11 Å². The molecule has 0 bridgehead atoms. The molecular formula is C13H11NO3. The van der Waals surface area contributed by atoms with Crippen molar-refractivity contribution in [2.75, 3.05) is 0 Å². The molecule has 0 fully saturated rings. The van der Waals surface area contributed by atoms with Crippen molar-refractivity contribution in [3.8, 4) is 0 Å². The second-order valence-electron chi connectivity index (χ2n) is 3.65. The molecule has 2 aromatic rings. The van der Waals surface area contributed by atoms with Crippen LogP contribution in [0.15, 0.2) is 41.3 Å². The lowest BCUT2D eigenvalue weighted by Gasteiger charge is -1.98. The number of hydrogen-bond acceptors (Lipinski definition) is 2. The smallest absolute Gasteiger partial charge is 0.307 e. The number of aromatic amines is 1. The number of carbonyl (C=O) groups is 1. The van der Waals surface area contributed by atoms with Gasteiger partial charge in [-0.2, -0.15) is 0 Å². The number of hydrogen-bond donors (Lipinski definition) is 2. The standard InChI is InChI=1S/C13H11NO3/c15-12-6-7-14-11-5-4-9(8-10(11)12)2-1-3-13(16)17/h1-2,4-8H,3H2,(H,14,15)(H,16,17). The van der Waals surface area contributed by atoms with Gasteiger partial charge >= 0.3 is 5.97 Å². The van der Waals surface area contributed by atoms with Crippen molar-refractivity contribution < 1.29 is 9.90 Å². The lowest BCUT2D eigenvalue weighted by molar-refractivity contribution is -0.135. The zero-order chi connectivity index (χ0) is 12.3. The van der Waals surface area contributed by atoms with Gasteiger partial charge in [0.15, 0.2) is 5.43 Å². The van der Waals surface area contributed by atoms with E-state index in [1.54, 1.807) is 30.5 Å². The van der Waals surface area contributed by atoms with Crippen LogP contribution in [0.2, 0.25) is 0 Å². The molecule has 4 heteroatoms. The maximum absolute atomic E-state index is 11.6. The van der Waals surface area contributed by atoms with Gasteiger partial charge in [0.25, 0.3) is 0 Å². The van der Waals surface area contributed by atoms with Crippen LogP contribution in [0.5, 0.6) is 0 Å². The minimum Gasteiger partial charge on any atom is -0.481 e. The Bertz CT molecular complexity index is 640. The quantitative estimate of drug-likeness (QED) is 0.845. The molecule has 0 aliphatic heterocycles. The van der Waals surface area contributed by atoms with E-state index in [2.05, 4.69) is 4.98 Å². The fourth-order valence-electron chi connectivity index (χ4n) is 1.59. The maximum atomic E-state index is 11.6. The van der Waals surface area contributed by atoms with E-state index in [1.165, 1.54) is 6.07 Å².